The van der Waals surface area contributed by atoms with E-state index in [1.165, 1.54) is 11.8 Å². The van der Waals surface area contributed by atoms with E-state index < -0.39 is 0 Å². The Hall–Kier alpha value is -1.36. The summed E-state index contributed by atoms with van der Waals surface area (Å²) in [4.78, 5) is 4.27. The molecule has 0 aliphatic heterocycles. The van der Waals surface area contributed by atoms with Gasteiger partial charge in [-0.05, 0) is 25.3 Å². The predicted molar refractivity (Wildman–Crippen MR) is 54.0 cm³/mol. The molecule has 0 amide bonds. The van der Waals surface area contributed by atoms with Gasteiger partial charge in [-0.3, -0.25) is 0 Å². The third-order valence-electron chi connectivity index (χ3n) is 1.71. The lowest BCUT2D eigenvalue weighted by Gasteiger charge is -1.96. The van der Waals surface area contributed by atoms with Gasteiger partial charge in [0.05, 0.1) is 6.20 Å². The first-order valence-electron chi connectivity index (χ1n) is 4.10. The molecule has 2 rings (SSSR count). The highest BCUT2D eigenvalue weighted by atomic mass is 32.2. The molecule has 5 heteroatoms. The number of thioether (sulfide) groups is 1. The smallest absolute Gasteiger partial charge is 0.209 e. The van der Waals surface area contributed by atoms with E-state index in [4.69, 9.17) is 4.42 Å². The molecule has 0 aliphatic carbocycles. The van der Waals surface area contributed by atoms with Crippen LogP contribution in [0.3, 0.4) is 0 Å². The van der Waals surface area contributed by atoms with E-state index in [-0.39, 0.29) is 0 Å². The van der Waals surface area contributed by atoms with Gasteiger partial charge in [0.2, 0.25) is 5.16 Å². The van der Waals surface area contributed by atoms with Crippen molar-refractivity contribution >= 4 is 11.8 Å². The Labute approximate surface area is 85.8 Å². The van der Waals surface area contributed by atoms with Crippen molar-refractivity contribution in [3.05, 3.63) is 24.1 Å². The standard InChI is InChI=1S/C9H9N3OS/c1-6-3-4-8(13-6)7-5-10-12-9(11-7)14-2/h3-5H,1-2H3. The third-order valence-corrected chi connectivity index (χ3v) is 2.25. The molecule has 0 aromatic carbocycles. The molecule has 0 fully saturated rings. The van der Waals surface area contributed by atoms with Crippen LogP contribution in [0.15, 0.2) is 27.9 Å². The molecule has 72 valence electrons. The second-order valence-electron chi connectivity index (χ2n) is 2.74. The zero-order valence-corrected chi connectivity index (χ0v) is 8.71. The molecule has 2 aromatic heterocycles. The van der Waals surface area contributed by atoms with Crippen molar-refractivity contribution in [1.82, 2.24) is 15.2 Å². The van der Waals surface area contributed by atoms with Crippen LogP contribution in [0.4, 0.5) is 0 Å². The lowest BCUT2D eigenvalue weighted by atomic mass is 10.3. The molecule has 2 heterocycles. The van der Waals surface area contributed by atoms with Gasteiger partial charge in [-0.1, -0.05) is 11.8 Å². The number of hydrogen-bond donors (Lipinski definition) is 0. The Morgan fingerprint density at radius 3 is 2.86 bits per heavy atom. The van der Waals surface area contributed by atoms with Gasteiger partial charge in [-0.15, -0.1) is 5.10 Å². The van der Waals surface area contributed by atoms with Gasteiger partial charge in [-0.25, -0.2) is 4.98 Å². The number of aromatic nitrogens is 3. The van der Waals surface area contributed by atoms with Crippen molar-refractivity contribution in [2.75, 3.05) is 6.26 Å². The SMILES string of the molecule is CSc1nncc(-c2ccc(C)o2)n1. The Bertz CT molecular complexity index is 441. The molecule has 14 heavy (non-hydrogen) atoms. The highest BCUT2D eigenvalue weighted by Gasteiger charge is 2.05. The van der Waals surface area contributed by atoms with Crippen LogP contribution in [0.2, 0.25) is 0 Å². The molecular formula is C9H9N3OS. The summed E-state index contributed by atoms with van der Waals surface area (Å²) in [6.07, 6.45) is 3.51. The highest BCUT2D eigenvalue weighted by Crippen LogP contribution is 2.20. The van der Waals surface area contributed by atoms with Crippen LogP contribution >= 0.6 is 11.8 Å². The average molecular weight is 207 g/mol. The summed E-state index contributed by atoms with van der Waals surface area (Å²) in [5.41, 5.74) is 0.720. The van der Waals surface area contributed by atoms with E-state index in [1.54, 1.807) is 6.20 Å². The van der Waals surface area contributed by atoms with Crippen LogP contribution in [0.25, 0.3) is 11.5 Å². The van der Waals surface area contributed by atoms with E-state index in [0.717, 1.165) is 17.2 Å². The topological polar surface area (TPSA) is 51.8 Å². The van der Waals surface area contributed by atoms with Crippen LogP contribution in [0, 0.1) is 6.92 Å². The van der Waals surface area contributed by atoms with Gasteiger partial charge in [0, 0.05) is 0 Å². The predicted octanol–water partition coefficient (Wildman–Crippen LogP) is 2.16. The first kappa shape index (κ1) is 9.21. The van der Waals surface area contributed by atoms with Crippen molar-refractivity contribution in [3.8, 4) is 11.5 Å². The molecule has 0 spiro atoms. The number of furan rings is 1. The monoisotopic (exact) mass is 207 g/mol. The van der Waals surface area contributed by atoms with Gasteiger partial charge in [0.25, 0.3) is 0 Å². The van der Waals surface area contributed by atoms with Gasteiger partial charge in [0.1, 0.15) is 11.5 Å². The molecule has 4 nitrogen and oxygen atoms in total. The zero-order valence-electron chi connectivity index (χ0n) is 7.89. The van der Waals surface area contributed by atoms with Gasteiger partial charge >= 0.3 is 0 Å². The summed E-state index contributed by atoms with van der Waals surface area (Å²) in [5, 5.41) is 8.35. The van der Waals surface area contributed by atoms with Crippen LogP contribution in [0.5, 0.6) is 0 Å². The minimum absolute atomic E-state index is 0.650. The quantitative estimate of drug-likeness (QED) is 0.706. The lowest BCUT2D eigenvalue weighted by Crippen LogP contribution is -1.91. The molecule has 0 radical (unpaired) electrons. The normalized spacial score (nSPS) is 10.4. The van der Waals surface area contributed by atoms with Crippen molar-refractivity contribution in [2.24, 2.45) is 0 Å². The van der Waals surface area contributed by atoms with Crippen molar-refractivity contribution in [1.29, 1.82) is 0 Å². The van der Waals surface area contributed by atoms with E-state index in [1.807, 2.05) is 25.3 Å². The minimum Gasteiger partial charge on any atom is -0.460 e. The molecular weight excluding hydrogens is 198 g/mol. The summed E-state index contributed by atoms with van der Waals surface area (Å²) in [6.45, 7) is 1.90. The van der Waals surface area contributed by atoms with Crippen LogP contribution < -0.4 is 0 Å². The zero-order chi connectivity index (χ0) is 9.97. The molecule has 0 unspecified atom stereocenters. The molecule has 2 aromatic rings. The molecule has 0 saturated carbocycles. The number of aryl methyl sites for hydroxylation is 1. The van der Waals surface area contributed by atoms with Gasteiger partial charge in [0.15, 0.2) is 5.76 Å². The Kier molecular flexibility index (Phi) is 2.49. The largest absolute Gasteiger partial charge is 0.460 e. The third kappa shape index (κ3) is 1.77. The molecule has 0 bridgehead atoms. The minimum atomic E-state index is 0.650. The summed E-state index contributed by atoms with van der Waals surface area (Å²) in [5.74, 6) is 1.59. The summed E-state index contributed by atoms with van der Waals surface area (Å²) >= 11 is 1.46. The van der Waals surface area contributed by atoms with Crippen molar-refractivity contribution in [3.63, 3.8) is 0 Å². The first-order chi connectivity index (χ1) is 6.79. The molecule has 0 N–H and O–H groups in total. The van der Waals surface area contributed by atoms with Crippen molar-refractivity contribution < 1.29 is 4.42 Å². The maximum atomic E-state index is 5.43. The fourth-order valence-corrected chi connectivity index (χ4v) is 1.38. The molecule has 0 atom stereocenters. The fourth-order valence-electron chi connectivity index (χ4n) is 1.06. The maximum Gasteiger partial charge on any atom is 0.209 e. The van der Waals surface area contributed by atoms with E-state index in [0.29, 0.717) is 5.16 Å². The van der Waals surface area contributed by atoms with E-state index in [2.05, 4.69) is 15.2 Å². The number of rotatable bonds is 2. The molecule has 0 aliphatic rings. The average Bonchev–Trinajstić information content (AvgIpc) is 2.65. The molecule has 0 saturated heterocycles. The number of hydrogen-bond acceptors (Lipinski definition) is 5. The maximum absolute atomic E-state index is 5.43. The summed E-state index contributed by atoms with van der Waals surface area (Å²) in [7, 11) is 0. The van der Waals surface area contributed by atoms with E-state index in [9.17, 15) is 0 Å². The Morgan fingerprint density at radius 2 is 2.21 bits per heavy atom. The van der Waals surface area contributed by atoms with Crippen LogP contribution in [-0.2, 0) is 0 Å². The Balaban J connectivity index is 2.41. The Morgan fingerprint density at radius 1 is 1.36 bits per heavy atom. The second-order valence-corrected chi connectivity index (χ2v) is 3.51. The van der Waals surface area contributed by atoms with Crippen LogP contribution in [0.1, 0.15) is 5.76 Å². The van der Waals surface area contributed by atoms with E-state index >= 15 is 0 Å². The van der Waals surface area contributed by atoms with Gasteiger partial charge < -0.3 is 4.42 Å². The first-order valence-corrected chi connectivity index (χ1v) is 5.32. The fraction of sp³-hybridized carbons (Fsp3) is 0.222. The van der Waals surface area contributed by atoms with Crippen molar-refractivity contribution in [2.45, 2.75) is 12.1 Å². The van der Waals surface area contributed by atoms with Gasteiger partial charge in [-0.2, -0.15) is 5.10 Å². The summed E-state index contributed by atoms with van der Waals surface area (Å²) < 4.78 is 5.43. The van der Waals surface area contributed by atoms with Crippen LogP contribution in [-0.4, -0.2) is 21.4 Å². The lowest BCUT2D eigenvalue weighted by molar-refractivity contribution is 0.544. The summed E-state index contributed by atoms with van der Waals surface area (Å²) in [6, 6.07) is 3.78. The highest BCUT2D eigenvalue weighted by molar-refractivity contribution is 7.98. The number of nitrogens with zero attached hydrogens (tertiary/aromatic N) is 3. The second kappa shape index (κ2) is 3.79.